The number of para-hydroxylation sites is 2. The Bertz CT molecular complexity index is 1550. The van der Waals surface area contributed by atoms with Crippen LogP contribution >= 0.6 is 11.6 Å². The first-order valence-corrected chi connectivity index (χ1v) is 13.2. The number of methoxy groups -OCH3 is 1. The summed E-state index contributed by atoms with van der Waals surface area (Å²) in [6, 6.07) is 19.7. The number of aromatic nitrogens is 1. The monoisotopic (exact) mass is 594 g/mol. The lowest BCUT2D eigenvalue weighted by Crippen LogP contribution is -2.42. The number of amides is 1. The van der Waals surface area contributed by atoms with Gasteiger partial charge >= 0.3 is 5.97 Å². The summed E-state index contributed by atoms with van der Waals surface area (Å²) in [5, 5.41) is 13.0. The summed E-state index contributed by atoms with van der Waals surface area (Å²) in [5.41, 5.74) is 0.0543. The average molecular weight is 595 g/mol. The van der Waals surface area contributed by atoms with Gasteiger partial charge in [-0.3, -0.25) is 4.79 Å². The predicted molar refractivity (Wildman–Crippen MR) is 153 cm³/mol. The summed E-state index contributed by atoms with van der Waals surface area (Å²) < 4.78 is 37.3. The number of hydrogen-bond acceptors (Lipinski definition) is 8. The third-order valence-electron chi connectivity index (χ3n) is 6.10. The smallest absolute Gasteiger partial charge is 0.328 e. The summed E-state index contributed by atoms with van der Waals surface area (Å²) in [7, 11) is 1.33. The molecule has 2 N–H and O–H groups in total. The molecule has 0 radical (unpaired) electrons. The van der Waals surface area contributed by atoms with Crippen molar-refractivity contribution in [1.82, 2.24) is 10.3 Å². The highest BCUT2D eigenvalue weighted by Crippen LogP contribution is 2.37. The van der Waals surface area contributed by atoms with Crippen molar-refractivity contribution in [2.75, 3.05) is 7.11 Å². The number of nitrogens with zero attached hydrogens (tertiary/aromatic N) is 1. The predicted octanol–water partition coefficient (Wildman–Crippen LogP) is 6.25. The highest BCUT2D eigenvalue weighted by molar-refractivity contribution is 6.32. The maximum absolute atomic E-state index is 14.4. The zero-order chi connectivity index (χ0) is 30.2. The summed E-state index contributed by atoms with van der Waals surface area (Å²) in [4.78, 5) is 29.7. The summed E-state index contributed by atoms with van der Waals surface area (Å²) in [6.07, 6.45) is -0.715. The van der Waals surface area contributed by atoms with E-state index in [1.54, 1.807) is 55.5 Å². The van der Waals surface area contributed by atoms with Gasteiger partial charge in [0, 0.05) is 23.9 Å². The van der Waals surface area contributed by atoms with Crippen LogP contribution in [-0.2, 0) is 9.53 Å². The summed E-state index contributed by atoms with van der Waals surface area (Å²) in [6.45, 7) is 3.00. The number of carbonyl (C=O) groups is 2. The molecule has 0 aliphatic heterocycles. The van der Waals surface area contributed by atoms with Crippen LogP contribution in [-0.4, -0.2) is 41.2 Å². The Morgan fingerprint density at radius 2 is 1.67 bits per heavy atom. The maximum atomic E-state index is 14.4. The van der Waals surface area contributed by atoms with Crippen molar-refractivity contribution < 1.29 is 38.0 Å². The van der Waals surface area contributed by atoms with Gasteiger partial charge in [-0.2, -0.15) is 0 Å². The van der Waals surface area contributed by atoms with Crippen molar-refractivity contribution in [3.8, 4) is 28.7 Å². The number of aromatic hydroxyl groups is 1. The van der Waals surface area contributed by atoms with E-state index in [1.807, 2.05) is 6.07 Å². The van der Waals surface area contributed by atoms with Crippen molar-refractivity contribution in [2.24, 2.45) is 0 Å². The summed E-state index contributed by atoms with van der Waals surface area (Å²) >= 11 is 6.35. The van der Waals surface area contributed by atoms with Crippen LogP contribution in [0.3, 0.4) is 0 Å². The fourth-order valence-electron chi connectivity index (χ4n) is 3.97. The zero-order valence-electron chi connectivity index (χ0n) is 22.9. The number of rotatable bonds is 11. The molecule has 3 atom stereocenters. The first-order valence-electron chi connectivity index (χ1n) is 12.8. The van der Waals surface area contributed by atoms with Gasteiger partial charge in [-0.15, -0.1) is 0 Å². The molecule has 218 valence electrons. The van der Waals surface area contributed by atoms with Crippen molar-refractivity contribution >= 4 is 23.5 Å². The highest BCUT2D eigenvalue weighted by atomic mass is 35.5. The van der Waals surface area contributed by atoms with Gasteiger partial charge in [0.1, 0.15) is 35.2 Å². The van der Waals surface area contributed by atoms with E-state index in [1.165, 1.54) is 44.5 Å². The fraction of sp³-hybridized carbons (Fsp3) is 0.194. The number of ether oxygens (including phenoxy) is 4. The quantitative estimate of drug-likeness (QED) is 0.196. The van der Waals surface area contributed by atoms with Gasteiger partial charge in [0.2, 0.25) is 0 Å². The molecule has 0 spiro atoms. The molecule has 0 unspecified atom stereocenters. The minimum atomic E-state index is -1.15. The molecule has 0 aliphatic carbocycles. The standard InChI is InChI=1S/C31H28ClFN2O7/c1-18(35-30(37)27-28(36)25(39-3)15-16-34-27)31(38)40-19(2)29(42-24-12-8-7-11-23(24)32)22-14-13-20(33)17-26(22)41-21-9-5-4-6-10-21/h4-19,29,36H,1-3H3,(H,35,37)/t18-,19-,29-/m0/s1. The number of halogens is 2. The first kappa shape index (κ1) is 30.1. The van der Waals surface area contributed by atoms with E-state index in [-0.39, 0.29) is 17.2 Å². The van der Waals surface area contributed by atoms with Gasteiger partial charge in [-0.05, 0) is 50.2 Å². The van der Waals surface area contributed by atoms with Crippen LogP contribution in [0.5, 0.6) is 28.7 Å². The molecule has 4 aromatic rings. The van der Waals surface area contributed by atoms with Crippen molar-refractivity contribution in [2.45, 2.75) is 32.1 Å². The molecule has 0 saturated heterocycles. The minimum absolute atomic E-state index is 0.0476. The molecule has 0 fully saturated rings. The number of nitrogens with one attached hydrogen (secondary N) is 1. The first-order chi connectivity index (χ1) is 20.2. The number of benzene rings is 3. The van der Waals surface area contributed by atoms with Crippen molar-refractivity contribution in [3.63, 3.8) is 0 Å². The minimum Gasteiger partial charge on any atom is -0.503 e. The Kier molecular flexibility index (Phi) is 9.82. The number of pyridine rings is 1. The van der Waals surface area contributed by atoms with E-state index in [4.69, 9.17) is 30.5 Å². The molecule has 0 aliphatic rings. The summed E-state index contributed by atoms with van der Waals surface area (Å²) in [5.74, 6) is -1.70. The molecule has 9 nitrogen and oxygen atoms in total. The van der Waals surface area contributed by atoms with Gasteiger partial charge in [-0.25, -0.2) is 14.2 Å². The molecule has 4 rings (SSSR count). The van der Waals surface area contributed by atoms with Crippen LogP contribution in [0.15, 0.2) is 85.1 Å². The molecule has 3 aromatic carbocycles. The van der Waals surface area contributed by atoms with Crippen LogP contribution in [0.1, 0.15) is 36.0 Å². The number of carbonyl (C=O) groups excluding carboxylic acids is 2. The maximum Gasteiger partial charge on any atom is 0.328 e. The van der Waals surface area contributed by atoms with Crippen LogP contribution in [0.4, 0.5) is 4.39 Å². The Labute approximate surface area is 246 Å². The topological polar surface area (TPSA) is 116 Å². The van der Waals surface area contributed by atoms with E-state index in [9.17, 15) is 19.1 Å². The second-order valence-electron chi connectivity index (χ2n) is 9.11. The molecule has 0 saturated carbocycles. The van der Waals surface area contributed by atoms with Crippen LogP contribution in [0.2, 0.25) is 5.02 Å². The average Bonchev–Trinajstić information content (AvgIpc) is 2.97. The molecular weight excluding hydrogens is 567 g/mol. The van der Waals surface area contributed by atoms with Gasteiger partial charge in [0.25, 0.3) is 5.91 Å². The molecule has 1 heterocycles. The van der Waals surface area contributed by atoms with E-state index < -0.39 is 41.7 Å². The van der Waals surface area contributed by atoms with Crippen LogP contribution < -0.4 is 19.5 Å². The van der Waals surface area contributed by atoms with Gasteiger partial charge in [0.15, 0.2) is 23.3 Å². The molecule has 11 heteroatoms. The van der Waals surface area contributed by atoms with Crippen LogP contribution in [0, 0.1) is 5.82 Å². The molecule has 42 heavy (non-hydrogen) atoms. The van der Waals surface area contributed by atoms with Gasteiger partial charge in [0.05, 0.1) is 12.1 Å². The van der Waals surface area contributed by atoms with E-state index in [0.29, 0.717) is 22.1 Å². The Morgan fingerprint density at radius 1 is 0.952 bits per heavy atom. The highest BCUT2D eigenvalue weighted by Gasteiger charge is 2.31. The van der Waals surface area contributed by atoms with Gasteiger partial charge < -0.3 is 29.4 Å². The normalized spacial score (nSPS) is 12.9. The van der Waals surface area contributed by atoms with Crippen LogP contribution in [0.25, 0.3) is 0 Å². The SMILES string of the molecule is COc1ccnc(C(=O)N[C@@H](C)C(=O)O[C@@H](C)[C@H](Oc2ccccc2Cl)c2ccc(F)cc2Oc2ccccc2)c1O. The van der Waals surface area contributed by atoms with Crippen molar-refractivity contribution in [3.05, 3.63) is 107 Å². The van der Waals surface area contributed by atoms with E-state index >= 15 is 0 Å². The Balaban J connectivity index is 1.59. The third-order valence-corrected chi connectivity index (χ3v) is 6.41. The molecule has 1 aromatic heterocycles. The lowest BCUT2D eigenvalue weighted by Gasteiger charge is -2.28. The number of esters is 1. The largest absolute Gasteiger partial charge is 0.503 e. The number of hydrogen-bond donors (Lipinski definition) is 2. The molecule has 1 amide bonds. The third kappa shape index (κ3) is 7.27. The van der Waals surface area contributed by atoms with Crippen molar-refractivity contribution in [1.29, 1.82) is 0 Å². The molecular formula is C31H28ClFN2O7. The fourth-order valence-corrected chi connectivity index (χ4v) is 4.15. The second-order valence-corrected chi connectivity index (χ2v) is 9.52. The molecule has 0 bridgehead atoms. The van der Waals surface area contributed by atoms with E-state index in [0.717, 1.165) is 0 Å². The Hall–Kier alpha value is -4.83. The van der Waals surface area contributed by atoms with Gasteiger partial charge in [-0.1, -0.05) is 41.9 Å². The lowest BCUT2D eigenvalue weighted by atomic mass is 10.0. The van der Waals surface area contributed by atoms with E-state index in [2.05, 4.69) is 10.3 Å². The lowest BCUT2D eigenvalue weighted by molar-refractivity contribution is -0.154. The zero-order valence-corrected chi connectivity index (χ0v) is 23.7. The Morgan fingerprint density at radius 3 is 2.38 bits per heavy atom. The second kappa shape index (κ2) is 13.7.